The monoisotopic (exact) mass is 259 g/mol. The molecule has 2 aromatic rings. The summed E-state index contributed by atoms with van der Waals surface area (Å²) in [5, 5.41) is 3.57. The molecule has 1 atom stereocenters. The van der Waals surface area contributed by atoms with Crippen LogP contribution in [-0.4, -0.2) is 23.2 Å². The molecule has 2 rings (SSSR count). The standard InChI is InChI=1S/C15H21N3O/c1-3-8-17-15(11-18-10-9-16-12-18)13-4-6-14(19-2)7-5-13/h4-7,9-10,12,15,17H,3,8,11H2,1-2H3. The number of methoxy groups -OCH3 is 1. The van der Waals surface area contributed by atoms with Crippen LogP contribution in [0.5, 0.6) is 5.75 Å². The van der Waals surface area contributed by atoms with Crippen molar-refractivity contribution in [3.05, 3.63) is 48.5 Å². The molecule has 0 aliphatic carbocycles. The smallest absolute Gasteiger partial charge is 0.118 e. The molecule has 1 N–H and O–H groups in total. The van der Waals surface area contributed by atoms with E-state index in [1.807, 2.05) is 30.9 Å². The van der Waals surface area contributed by atoms with Crippen LogP contribution in [0.4, 0.5) is 0 Å². The molecule has 0 spiro atoms. The molecule has 1 unspecified atom stereocenters. The van der Waals surface area contributed by atoms with Crippen LogP contribution in [0.1, 0.15) is 24.9 Å². The first-order valence-corrected chi connectivity index (χ1v) is 6.66. The predicted octanol–water partition coefficient (Wildman–Crippen LogP) is 2.63. The Hall–Kier alpha value is -1.81. The minimum absolute atomic E-state index is 0.292. The first-order chi connectivity index (χ1) is 9.33. The van der Waals surface area contributed by atoms with Crippen LogP contribution in [-0.2, 0) is 6.54 Å². The molecule has 19 heavy (non-hydrogen) atoms. The number of nitrogens with zero attached hydrogens (tertiary/aromatic N) is 2. The summed E-state index contributed by atoms with van der Waals surface area (Å²) in [5.74, 6) is 0.889. The molecule has 0 bridgehead atoms. The SMILES string of the molecule is CCCNC(Cn1ccnc1)c1ccc(OC)cc1. The second-order valence-corrected chi connectivity index (χ2v) is 4.54. The Morgan fingerprint density at radius 2 is 2.11 bits per heavy atom. The van der Waals surface area contributed by atoms with Gasteiger partial charge < -0.3 is 14.6 Å². The topological polar surface area (TPSA) is 39.1 Å². The number of hydrogen-bond acceptors (Lipinski definition) is 3. The average Bonchev–Trinajstić information content (AvgIpc) is 2.96. The average molecular weight is 259 g/mol. The maximum absolute atomic E-state index is 5.20. The van der Waals surface area contributed by atoms with Crippen molar-refractivity contribution in [3.8, 4) is 5.75 Å². The van der Waals surface area contributed by atoms with Gasteiger partial charge in [-0.2, -0.15) is 0 Å². The van der Waals surface area contributed by atoms with E-state index >= 15 is 0 Å². The Bertz CT molecular complexity index is 465. The number of ether oxygens (including phenoxy) is 1. The summed E-state index contributed by atoms with van der Waals surface area (Å²) < 4.78 is 7.30. The van der Waals surface area contributed by atoms with E-state index < -0.39 is 0 Å². The summed E-state index contributed by atoms with van der Waals surface area (Å²) in [4.78, 5) is 4.09. The fraction of sp³-hybridized carbons (Fsp3) is 0.400. The van der Waals surface area contributed by atoms with Gasteiger partial charge in [-0.3, -0.25) is 0 Å². The lowest BCUT2D eigenvalue weighted by Gasteiger charge is -2.19. The minimum atomic E-state index is 0.292. The van der Waals surface area contributed by atoms with Crippen LogP contribution in [0.3, 0.4) is 0 Å². The highest BCUT2D eigenvalue weighted by Crippen LogP contribution is 2.19. The van der Waals surface area contributed by atoms with Crippen LogP contribution in [0.2, 0.25) is 0 Å². The van der Waals surface area contributed by atoms with E-state index in [0.29, 0.717) is 6.04 Å². The number of aromatic nitrogens is 2. The van der Waals surface area contributed by atoms with Gasteiger partial charge in [0.25, 0.3) is 0 Å². The zero-order chi connectivity index (χ0) is 13.5. The fourth-order valence-corrected chi connectivity index (χ4v) is 2.05. The molecular weight excluding hydrogens is 238 g/mol. The van der Waals surface area contributed by atoms with Gasteiger partial charge in [0.2, 0.25) is 0 Å². The molecule has 0 saturated carbocycles. The summed E-state index contributed by atoms with van der Waals surface area (Å²) in [5.41, 5.74) is 1.27. The molecule has 102 valence electrons. The van der Waals surface area contributed by atoms with Crippen molar-refractivity contribution in [2.45, 2.75) is 25.9 Å². The van der Waals surface area contributed by atoms with Crippen LogP contribution in [0, 0.1) is 0 Å². The van der Waals surface area contributed by atoms with E-state index in [9.17, 15) is 0 Å². The van der Waals surface area contributed by atoms with E-state index in [-0.39, 0.29) is 0 Å². The van der Waals surface area contributed by atoms with Crippen molar-refractivity contribution in [2.24, 2.45) is 0 Å². The molecule has 0 aliphatic heterocycles. The summed E-state index contributed by atoms with van der Waals surface area (Å²) >= 11 is 0. The minimum Gasteiger partial charge on any atom is -0.497 e. The van der Waals surface area contributed by atoms with E-state index in [0.717, 1.165) is 25.3 Å². The van der Waals surface area contributed by atoms with Crippen LogP contribution >= 0.6 is 0 Å². The summed E-state index contributed by atoms with van der Waals surface area (Å²) in [7, 11) is 1.69. The molecule has 4 nitrogen and oxygen atoms in total. The largest absolute Gasteiger partial charge is 0.497 e. The molecule has 0 fully saturated rings. The summed E-state index contributed by atoms with van der Waals surface area (Å²) in [6, 6.07) is 8.53. The van der Waals surface area contributed by atoms with Gasteiger partial charge in [-0.25, -0.2) is 4.98 Å². The van der Waals surface area contributed by atoms with Gasteiger partial charge in [0, 0.05) is 18.9 Å². The quantitative estimate of drug-likeness (QED) is 0.831. The van der Waals surface area contributed by atoms with Gasteiger partial charge in [0.05, 0.1) is 19.5 Å². The molecule has 0 saturated heterocycles. The van der Waals surface area contributed by atoms with Gasteiger partial charge >= 0.3 is 0 Å². The lowest BCUT2D eigenvalue weighted by Crippen LogP contribution is -2.26. The highest BCUT2D eigenvalue weighted by atomic mass is 16.5. The van der Waals surface area contributed by atoms with Gasteiger partial charge in [0.15, 0.2) is 0 Å². The highest BCUT2D eigenvalue weighted by molar-refractivity contribution is 5.29. The molecule has 1 aromatic carbocycles. The van der Waals surface area contributed by atoms with E-state index in [1.54, 1.807) is 7.11 Å². The molecule has 0 radical (unpaired) electrons. The van der Waals surface area contributed by atoms with Gasteiger partial charge in [0.1, 0.15) is 5.75 Å². The highest BCUT2D eigenvalue weighted by Gasteiger charge is 2.11. The normalized spacial score (nSPS) is 12.3. The van der Waals surface area contributed by atoms with Gasteiger partial charge in [-0.1, -0.05) is 19.1 Å². The Morgan fingerprint density at radius 1 is 1.32 bits per heavy atom. The zero-order valence-corrected chi connectivity index (χ0v) is 11.5. The number of hydrogen-bond donors (Lipinski definition) is 1. The van der Waals surface area contributed by atoms with Crippen molar-refractivity contribution >= 4 is 0 Å². The molecule has 4 heteroatoms. The van der Waals surface area contributed by atoms with Crippen molar-refractivity contribution in [2.75, 3.05) is 13.7 Å². The first-order valence-electron chi connectivity index (χ1n) is 6.66. The van der Waals surface area contributed by atoms with E-state index in [4.69, 9.17) is 4.74 Å². The zero-order valence-electron chi connectivity index (χ0n) is 11.5. The van der Waals surface area contributed by atoms with E-state index in [2.05, 4.69) is 33.9 Å². The van der Waals surface area contributed by atoms with Crippen LogP contribution in [0.15, 0.2) is 43.0 Å². The van der Waals surface area contributed by atoms with Crippen molar-refractivity contribution in [1.82, 2.24) is 14.9 Å². The molecule has 1 heterocycles. The molecule has 0 aliphatic rings. The Morgan fingerprint density at radius 3 is 2.68 bits per heavy atom. The third-order valence-corrected chi connectivity index (χ3v) is 3.11. The predicted molar refractivity (Wildman–Crippen MR) is 76.3 cm³/mol. The van der Waals surface area contributed by atoms with Crippen molar-refractivity contribution < 1.29 is 4.74 Å². The number of nitrogens with one attached hydrogen (secondary N) is 1. The van der Waals surface area contributed by atoms with Crippen molar-refractivity contribution in [3.63, 3.8) is 0 Å². The second kappa shape index (κ2) is 6.95. The summed E-state index contributed by atoms with van der Waals surface area (Å²) in [6.45, 7) is 4.06. The molecular formula is C15H21N3O. The third-order valence-electron chi connectivity index (χ3n) is 3.11. The summed E-state index contributed by atoms with van der Waals surface area (Å²) in [6.07, 6.45) is 6.77. The van der Waals surface area contributed by atoms with Crippen LogP contribution in [0.25, 0.3) is 0 Å². The maximum atomic E-state index is 5.20. The lowest BCUT2D eigenvalue weighted by atomic mass is 10.1. The Kier molecular flexibility index (Phi) is 4.98. The van der Waals surface area contributed by atoms with Crippen LogP contribution < -0.4 is 10.1 Å². The Labute approximate surface area is 114 Å². The Balaban J connectivity index is 2.10. The van der Waals surface area contributed by atoms with Gasteiger partial charge in [-0.05, 0) is 30.7 Å². The first kappa shape index (κ1) is 13.6. The lowest BCUT2D eigenvalue weighted by molar-refractivity contribution is 0.413. The van der Waals surface area contributed by atoms with E-state index in [1.165, 1.54) is 5.56 Å². The number of imidazole rings is 1. The van der Waals surface area contributed by atoms with Gasteiger partial charge in [-0.15, -0.1) is 0 Å². The number of rotatable bonds is 7. The fourth-order valence-electron chi connectivity index (χ4n) is 2.05. The second-order valence-electron chi connectivity index (χ2n) is 4.54. The number of benzene rings is 1. The third kappa shape index (κ3) is 3.83. The maximum Gasteiger partial charge on any atom is 0.118 e. The molecule has 1 aromatic heterocycles. The van der Waals surface area contributed by atoms with Crippen molar-refractivity contribution in [1.29, 1.82) is 0 Å². The molecule has 0 amide bonds.